The molecule has 0 fully saturated rings. The molecule has 0 N–H and O–H groups in total. The van der Waals surface area contributed by atoms with Crippen LogP contribution in [0.1, 0.15) is 26.3 Å². The zero-order valence-electron chi connectivity index (χ0n) is 45.3. The molecule has 6 heteroatoms. The van der Waals surface area contributed by atoms with Crippen molar-refractivity contribution in [1.29, 1.82) is 0 Å². The Morgan fingerprint density at radius 3 is 1.73 bits per heavy atom. The predicted octanol–water partition coefficient (Wildman–Crippen LogP) is 18.9. The van der Waals surface area contributed by atoms with Gasteiger partial charge in [0.15, 0.2) is 0 Å². The molecule has 0 unspecified atom stereocenters. The SMILES string of the molecule is CC(C)(C)c1ccnc(-n2c3c(c4ccc(Oc5[c-]c(-n6[c-][n+](-c7c(-c8cccc(-c9ccccc9)c8)cccc7-c7cccc(-c8ccccc8)c7)c7ccccc76)ccc5)[c-]c42)-c2cccc4cccc(c24)-c2ccccc2-3)c1.[Pt]. The van der Waals surface area contributed by atoms with E-state index >= 15 is 0 Å². The number of pyridine rings is 1. The van der Waals surface area contributed by atoms with Crippen LogP contribution in [-0.4, -0.2) is 14.1 Å². The topological polar surface area (TPSA) is 35.9 Å². The summed E-state index contributed by atoms with van der Waals surface area (Å²) in [6, 6.07) is 98.2. The van der Waals surface area contributed by atoms with Crippen LogP contribution in [0.4, 0.5) is 0 Å². The van der Waals surface area contributed by atoms with Gasteiger partial charge in [-0.3, -0.25) is 4.57 Å². The van der Waals surface area contributed by atoms with Crippen LogP contribution < -0.4 is 9.30 Å². The summed E-state index contributed by atoms with van der Waals surface area (Å²) in [6.07, 6.45) is 5.81. The van der Waals surface area contributed by atoms with Gasteiger partial charge in [0, 0.05) is 50.0 Å². The molecule has 0 radical (unpaired) electrons. The Morgan fingerprint density at radius 2 is 1.02 bits per heavy atom. The molecular weight excluding hydrogens is 1180 g/mol. The average molecular weight is 1230 g/mol. The summed E-state index contributed by atoms with van der Waals surface area (Å²) in [7, 11) is 0. The molecule has 0 saturated heterocycles. The van der Waals surface area contributed by atoms with E-state index in [1.54, 1.807) is 0 Å². The van der Waals surface area contributed by atoms with Gasteiger partial charge in [-0.15, -0.1) is 29.7 Å². The van der Waals surface area contributed by atoms with Crippen LogP contribution >= 0.6 is 0 Å². The minimum absolute atomic E-state index is 0. The minimum Gasteiger partial charge on any atom is -0.510 e. The first-order valence-electron chi connectivity index (χ1n) is 27.6. The summed E-state index contributed by atoms with van der Waals surface area (Å²) in [4.78, 5) is 5.13. The van der Waals surface area contributed by atoms with E-state index in [2.05, 4.69) is 290 Å². The van der Waals surface area contributed by atoms with Crippen LogP contribution in [0.3, 0.4) is 0 Å². The number of ether oxygens (including phenoxy) is 1. The Balaban J connectivity index is 0.00000602. The number of benzene rings is 11. The quantitative estimate of drug-likeness (QED) is 0.107. The number of fused-ring (bicyclic) bond motifs is 8. The number of aromatic nitrogens is 4. The van der Waals surface area contributed by atoms with Gasteiger partial charge >= 0.3 is 0 Å². The van der Waals surface area contributed by atoms with E-state index in [4.69, 9.17) is 9.72 Å². The Morgan fingerprint density at radius 1 is 0.463 bits per heavy atom. The fourth-order valence-electron chi connectivity index (χ4n) is 12.1. The van der Waals surface area contributed by atoms with E-state index in [9.17, 15) is 0 Å². The van der Waals surface area contributed by atoms with Gasteiger partial charge in [-0.25, -0.2) is 4.98 Å². The second kappa shape index (κ2) is 20.5. The molecule has 3 heterocycles. The number of rotatable bonds is 9. The van der Waals surface area contributed by atoms with Gasteiger partial charge in [0.05, 0.1) is 16.7 Å². The van der Waals surface area contributed by atoms with E-state index in [0.29, 0.717) is 11.5 Å². The van der Waals surface area contributed by atoms with Crippen LogP contribution in [-0.2, 0) is 26.5 Å². The molecule has 0 atom stereocenters. The Kier molecular flexibility index (Phi) is 12.6. The Labute approximate surface area is 491 Å². The largest absolute Gasteiger partial charge is 0.510 e. The Bertz CT molecular complexity index is 4670. The molecule has 14 aromatic rings. The first kappa shape index (κ1) is 50.5. The van der Waals surface area contributed by atoms with E-state index < -0.39 is 0 Å². The van der Waals surface area contributed by atoms with Gasteiger partial charge in [-0.05, 0) is 118 Å². The average Bonchev–Trinajstić information content (AvgIpc) is 2.68. The molecule has 5 nitrogen and oxygen atoms in total. The molecule has 11 aromatic carbocycles. The van der Waals surface area contributed by atoms with Gasteiger partial charge in [0.25, 0.3) is 6.33 Å². The van der Waals surface area contributed by atoms with Crippen LogP contribution in [0.5, 0.6) is 11.5 Å². The standard InChI is InChI=1S/C76H52N4O.Pt/c1-76(2,3)57-42-43-77-71(46-57)80-70-48-60(40-41-66(70)73-67-37-17-25-52-24-16-36-64(72(52)67)63-32-10-11-33-65(63)75(73)80)81-59-31-18-30-58(47-59)78-49-79(69-39-13-12-38-68(69)78)74-61(55-28-14-26-53(44-55)50-20-6-4-7-21-50)34-19-35-62(74)56-29-15-27-54(45-56)51-22-8-5-9-23-51;/h4-46H,1-3H3;/q-2;. The number of imidazole rings is 1. The molecule has 15 rings (SSSR count). The van der Waals surface area contributed by atoms with Crippen molar-refractivity contribution in [2.45, 2.75) is 26.2 Å². The van der Waals surface area contributed by atoms with Crippen molar-refractivity contribution in [1.82, 2.24) is 14.1 Å². The summed E-state index contributed by atoms with van der Waals surface area (Å²) < 4.78 is 13.6. The number of nitrogens with zero attached hydrogens (tertiary/aromatic N) is 4. The number of hydrogen-bond acceptors (Lipinski definition) is 2. The summed E-state index contributed by atoms with van der Waals surface area (Å²) >= 11 is 0. The second-order valence-corrected chi connectivity index (χ2v) is 21.9. The first-order valence-corrected chi connectivity index (χ1v) is 27.6. The van der Waals surface area contributed by atoms with Gasteiger partial charge in [-0.1, -0.05) is 226 Å². The van der Waals surface area contributed by atoms with Gasteiger partial charge in [0.1, 0.15) is 5.82 Å². The van der Waals surface area contributed by atoms with Gasteiger partial charge < -0.3 is 13.9 Å². The van der Waals surface area contributed by atoms with Crippen molar-refractivity contribution >= 4 is 32.7 Å². The maximum Gasteiger partial charge on any atom is 0.268 e. The maximum atomic E-state index is 6.93. The fourth-order valence-corrected chi connectivity index (χ4v) is 12.1. The van der Waals surface area contributed by atoms with Crippen LogP contribution in [0.25, 0.3) is 128 Å². The first-order chi connectivity index (χ1) is 39.8. The molecule has 0 aliphatic heterocycles. The Hall–Kier alpha value is -9.67. The third-order valence-electron chi connectivity index (χ3n) is 15.9. The predicted molar refractivity (Wildman–Crippen MR) is 330 cm³/mol. The van der Waals surface area contributed by atoms with E-state index in [-0.39, 0.29) is 26.5 Å². The molecule has 82 heavy (non-hydrogen) atoms. The molecule has 3 aromatic heterocycles. The minimum atomic E-state index is -0.105. The molecule has 0 saturated carbocycles. The van der Waals surface area contributed by atoms with Crippen molar-refractivity contribution in [3.8, 4) is 107 Å². The van der Waals surface area contributed by atoms with Crippen molar-refractivity contribution in [3.05, 3.63) is 285 Å². The molecule has 1 aliphatic rings. The van der Waals surface area contributed by atoms with E-state index in [1.807, 2.05) is 24.4 Å². The van der Waals surface area contributed by atoms with E-state index in [1.165, 1.54) is 44.2 Å². The monoisotopic (exact) mass is 1230 g/mol. The number of para-hydroxylation sites is 3. The van der Waals surface area contributed by atoms with Crippen LogP contribution in [0, 0.1) is 18.5 Å². The van der Waals surface area contributed by atoms with Crippen molar-refractivity contribution in [2.75, 3.05) is 0 Å². The third kappa shape index (κ3) is 8.68. The smallest absolute Gasteiger partial charge is 0.268 e. The van der Waals surface area contributed by atoms with Crippen molar-refractivity contribution < 1.29 is 30.4 Å². The van der Waals surface area contributed by atoms with Gasteiger partial charge in [0.2, 0.25) is 0 Å². The van der Waals surface area contributed by atoms with Gasteiger partial charge in [-0.2, -0.15) is 18.2 Å². The summed E-state index contributed by atoms with van der Waals surface area (Å²) in [6.45, 7) is 6.74. The molecule has 1 aliphatic carbocycles. The molecule has 0 amide bonds. The molecular formula is C76H52N4OPt-2. The van der Waals surface area contributed by atoms with Crippen LogP contribution in [0.2, 0.25) is 0 Å². The summed E-state index contributed by atoms with van der Waals surface area (Å²) in [5.74, 6) is 1.94. The second-order valence-electron chi connectivity index (χ2n) is 21.9. The summed E-state index contributed by atoms with van der Waals surface area (Å²) in [5, 5.41) is 3.50. The zero-order valence-corrected chi connectivity index (χ0v) is 47.6. The molecule has 0 spiro atoms. The maximum absolute atomic E-state index is 6.93. The van der Waals surface area contributed by atoms with Crippen molar-refractivity contribution in [3.63, 3.8) is 0 Å². The zero-order chi connectivity index (χ0) is 54.2. The third-order valence-corrected chi connectivity index (χ3v) is 15.9. The van der Waals surface area contributed by atoms with E-state index in [0.717, 1.165) is 89.3 Å². The van der Waals surface area contributed by atoms with Crippen molar-refractivity contribution in [2.24, 2.45) is 0 Å². The normalized spacial score (nSPS) is 11.7. The molecule has 0 bridgehead atoms. The molecule has 394 valence electrons. The summed E-state index contributed by atoms with van der Waals surface area (Å²) in [5.41, 5.74) is 21.7. The van der Waals surface area contributed by atoms with Crippen LogP contribution in [0.15, 0.2) is 261 Å². The number of hydrogen-bond donors (Lipinski definition) is 0. The fraction of sp³-hybridized carbons (Fsp3) is 0.0526.